The Kier molecular flexibility index (Phi) is 6.89. The van der Waals surface area contributed by atoms with E-state index in [1.165, 1.54) is 6.26 Å². The average Bonchev–Trinajstić information content (AvgIpc) is 3.26. The predicted octanol–water partition coefficient (Wildman–Crippen LogP) is 3.41. The van der Waals surface area contributed by atoms with E-state index in [2.05, 4.69) is 10.6 Å². The number of rotatable bonds is 9. The van der Waals surface area contributed by atoms with E-state index < -0.39 is 0 Å². The van der Waals surface area contributed by atoms with Gasteiger partial charge in [-0.15, -0.1) is 0 Å². The Morgan fingerprint density at radius 1 is 0.966 bits per heavy atom. The fraction of sp³-hybridized carbons (Fsp3) is 0.182. The van der Waals surface area contributed by atoms with Crippen LogP contribution in [0.25, 0.3) is 0 Å². The maximum Gasteiger partial charge on any atom is 0.291 e. The van der Waals surface area contributed by atoms with Gasteiger partial charge in [0, 0.05) is 5.69 Å². The Balaban J connectivity index is 1.35. The Morgan fingerprint density at radius 2 is 1.79 bits per heavy atom. The fourth-order valence-corrected chi connectivity index (χ4v) is 2.50. The Hall–Kier alpha value is -3.74. The normalized spacial score (nSPS) is 10.2. The summed E-state index contributed by atoms with van der Waals surface area (Å²) in [6, 6.07) is 17.7. The third-order valence-electron chi connectivity index (χ3n) is 3.91. The molecule has 7 nitrogen and oxygen atoms in total. The zero-order chi connectivity index (χ0) is 20.5. The molecular weight excluding hydrogens is 372 g/mol. The number of amides is 2. The molecule has 3 aromatic rings. The van der Waals surface area contributed by atoms with E-state index in [-0.39, 0.29) is 24.2 Å². The molecule has 1 heterocycles. The van der Waals surface area contributed by atoms with Crippen LogP contribution in [0.5, 0.6) is 11.5 Å². The number of furan rings is 1. The van der Waals surface area contributed by atoms with Crippen LogP contribution in [0.4, 0.5) is 5.69 Å². The molecule has 1 aromatic heterocycles. The lowest BCUT2D eigenvalue weighted by molar-refractivity contribution is -0.123. The first kappa shape index (κ1) is 20.0. The molecule has 2 N–H and O–H groups in total. The number of benzene rings is 2. The van der Waals surface area contributed by atoms with Crippen LogP contribution in [0.15, 0.2) is 71.3 Å². The van der Waals surface area contributed by atoms with Crippen molar-refractivity contribution in [2.45, 2.75) is 6.92 Å². The van der Waals surface area contributed by atoms with Crippen LogP contribution < -0.4 is 20.1 Å². The van der Waals surface area contributed by atoms with Crippen LogP contribution in [0, 0.1) is 6.92 Å². The van der Waals surface area contributed by atoms with Crippen molar-refractivity contribution >= 4 is 17.5 Å². The molecule has 0 aliphatic heterocycles. The van der Waals surface area contributed by atoms with Gasteiger partial charge in [0.15, 0.2) is 12.4 Å². The number of hydrogen-bond donors (Lipinski definition) is 2. The molecule has 0 aliphatic carbocycles. The number of ether oxygens (including phenoxy) is 2. The zero-order valence-electron chi connectivity index (χ0n) is 16.0. The number of nitrogens with one attached hydrogen (secondary N) is 2. The molecule has 29 heavy (non-hydrogen) atoms. The molecular formula is C22H22N2O5. The maximum absolute atomic E-state index is 11.9. The first-order valence-corrected chi connectivity index (χ1v) is 9.14. The van der Waals surface area contributed by atoms with Gasteiger partial charge in [-0.2, -0.15) is 0 Å². The van der Waals surface area contributed by atoms with E-state index in [4.69, 9.17) is 13.9 Å². The van der Waals surface area contributed by atoms with Gasteiger partial charge in [-0.25, -0.2) is 0 Å². The molecule has 0 spiro atoms. The van der Waals surface area contributed by atoms with Crippen LogP contribution in [0.2, 0.25) is 0 Å². The molecule has 150 valence electrons. The fourth-order valence-electron chi connectivity index (χ4n) is 2.50. The molecule has 2 amide bonds. The lowest BCUT2D eigenvalue weighted by Gasteiger charge is -2.10. The minimum atomic E-state index is -0.337. The van der Waals surface area contributed by atoms with Crippen LogP contribution in [-0.4, -0.2) is 31.6 Å². The first-order valence-electron chi connectivity index (χ1n) is 9.14. The predicted molar refractivity (Wildman–Crippen MR) is 108 cm³/mol. The third kappa shape index (κ3) is 6.42. The summed E-state index contributed by atoms with van der Waals surface area (Å²) in [6.45, 7) is 2.64. The van der Waals surface area contributed by atoms with Gasteiger partial charge in [0.05, 0.1) is 12.8 Å². The summed E-state index contributed by atoms with van der Waals surface area (Å²) in [5, 5.41) is 5.44. The van der Waals surface area contributed by atoms with Gasteiger partial charge in [0.25, 0.3) is 11.8 Å². The molecule has 7 heteroatoms. The molecule has 0 atom stereocenters. The summed E-state index contributed by atoms with van der Waals surface area (Å²) in [7, 11) is 0. The van der Waals surface area contributed by atoms with Gasteiger partial charge < -0.3 is 24.5 Å². The van der Waals surface area contributed by atoms with Crippen LogP contribution >= 0.6 is 0 Å². The topological polar surface area (TPSA) is 89.8 Å². The highest BCUT2D eigenvalue weighted by Crippen LogP contribution is 2.16. The van der Waals surface area contributed by atoms with Gasteiger partial charge in [0.2, 0.25) is 0 Å². The Bertz CT molecular complexity index is 936. The summed E-state index contributed by atoms with van der Waals surface area (Å²) < 4.78 is 16.1. The Labute approximate surface area is 168 Å². The second-order valence-corrected chi connectivity index (χ2v) is 6.26. The Morgan fingerprint density at radius 3 is 2.52 bits per heavy atom. The largest absolute Gasteiger partial charge is 0.492 e. The number of anilines is 1. The van der Waals surface area contributed by atoms with Crippen molar-refractivity contribution in [2.75, 3.05) is 25.1 Å². The number of aryl methyl sites for hydroxylation is 1. The SMILES string of the molecule is Cc1cccc(OCCNC(=O)COc2ccc(NC(=O)c3ccco3)cc2)c1. The second kappa shape index (κ2) is 9.98. The van der Waals surface area contributed by atoms with Crippen molar-refractivity contribution in [3.05, 3.63) is 78.3 Å². The average molecular weight is 394 g/mol. The van der Waals surface area contributed by atoms with Crippen molar-refractivity contribution < 1.29 is 23.5 Å². The highest BCUT2D eigenvalue weighted by molar-refractivity contribution is 6.02. The summed E-state index contributed by atoms with van der Waals surface area (Å²) in [4.78, 5) is 23.8. The van der Waals surface area contributed by atoms with Crippen molar-refractivity contribution in [3.8, 4) is 11.5 Å². The van der Waals surface area contributed by atoms with Crippen molar-refractivity contribution in [1.82, 2.24) is 5.32 Å². The van der Waals surface area contributed by atoms with Gasteiger partial charge >= 0.3 is 0 Å². The molecule has 2 aromatic carbocycles. The van der Waals surface area contributed by atoms with E-state index in [1.807, 2.05) is 31.2 Å². The van der Waals surface area contributed by atoms with Gasteiger partial charge in [0.1, 0.15) is 18.1 Å². The highest BCUT2D eigenvalue weighted by atomic mass is 16.5. The van der Waals surface area contributed by atoms with Crippen molar-refractivity contribution in [3.63, 3.8) is 0 Å². The van der Waals surface area contributed by atoms with E-state index in [0.29, 0.717) is 24.6 Å². The summed E-state index contributed by atoms with van der Waals surface area (Å²) >= 11 is 0. The quantitative estimate of drug-likeness (QED) is 0.543. The maximum atomic E-state index is 11.9. The summed E-state index contributed by atoms with van der Waals surface area (Å²) in [5.41, 5.74) is 1.71. The number of hydrogen-bond acceptors (Lipinski definition) is 5. The summed E-state index contributed by atoms with van der Waals surface area (Å²) in [5.74, 6) is 0.944. The molecule has 3 rings (SSSR count). The van der Waals surface area contributed by atoms with Gasteiger partial charge in [-0.1, -0.05) is 12.1 Å². The van der Waals surface area contributed by atoms with Crippen LogP contribution in [0.3, 0.4) is 0 Å². The minimum Gasteiger partial charge on any atom is -0.492 e. The third-order valence-corrected chi connectivity index (χ3v) is 3.91. The molecule has 0 saturated carbocycles. The van der Waals surface area contributed by atoms with Crippen molar-refractivity contribution in [2.24, 2.45) is 0 Å². The number of carbonyl (C=O) groups is 2. The van der Waals surface area contributed by atoms with E-state index in [9.17, 15) is 9.59 Å². The lowest BCUT2D eigenvalue weighted by Crippen LogP contribution is -2.32. The standard InChI is InChI=1S/C22H22N2O5/c1-16-4-2-5-19(14-16)27-13-11-23-21(25)15-29-18-9-7-17(8-10-18)24-22(26)20-6-3-12-28-20/h2-10,12,14H,11,13,15H2,1H3,(H,23,25)(H,24,26). The number of carbonyl (C=O) groups excluding carboxylic acids is 2. The minimum absolute atomic E-state index is 0.109. The van der Waals surface area contributed by atoms with Crippen LogP contribution in [-0.2, 0) is 4.79 Å². The highest BCUT2D eigenvalue weighted by Gasteiger charge is 2.09. The molecule has 0 fully saturated rings. The first-order chi connectivity index (χ1) is 14.1. The van der Waals surface area contributed by atoms with E-state index in [1.54, 1.807) is 36.4 Å². The van der Waals surface area contributed by atoms with Gasteiger partial charge in [-0.05, 0) is 61.0 Å². The molecule has 0 bridgehead atoms. The lowest BCUT2D eigenvalue weighted by atomic mass is 10.2. The molecule has 0 saturated heterocycles. The molecule has 0 radical (unpaired) electrons. The molecule has 0 aliphatic rings. The van der Waals surface area contributed by atoms with Gasteiger partial charge in [-0.3, -0.25) is 9.59 Å². The monoisotopic (exact) mass is 394 g/mol. The van der Waals surface area contributed by atoms with Crippen molar-refractivity contribution in [1.29, 1.82) is 0 Å². The smallest absolute Gasteiger partial charge is 0.291 e. The zero-order valence-corrected chi connectivity index (χ0v) is 16.0. The van der Waals surface area contributed by atoms with E-state index >= 15 is 0 Å². The second-order valence-electron chi connectivity index (χ2n) is 6.26. The molecule has 0 unspecified atom stereocenters. The van der Waals surface area contributed by atoms with E-state index in [0.717, 1.165) is 11.3 Å². The van der Waals surface area contributed by atoms with Crippen LogP contribution in [0.1, 0.15) is 16.1 Å². The summed E-state index contributed by atoms with van der Waals surface area (Å²) in [6.07, 6.45) is 1.44.